The zero-order chi connectivity index (χ0) is 17.9. The summed E-state index contributed by atoms with van der Waals surface area (Å²) in [6.07, 6.45) is 3.01. The summed E-state index contributed by atoms with van der Waals surface area (Å²) in [4.78, 5) is 24.0. The molecule has 0 aromatic carbocycles. The first-order chi connectivity index (χ1) is 12.7. The molecular formula is C18H22N4O3S. The van der Waals surface area contributed by atoms with E-state index >= 15 is 0 Å². The van der Waals surface area contributed by atoms with Crippen molar-refractivity contribution in [3.05, 3.63) is 34.0 Å². The van der Waals surface area contributed by atoms with Crippen LogP contribution >= 0.6 is 11.3 Å². The molecule has 0 spiro atoms. The highest BCUT2D eigenvalue weighted by Gasteiger charge is 2.21. The van der Waals surface area contributed by atoms with Gasteiger partial charge in [0.2, 0.25) is 5.88 Å². The monoisotopic (exact) mass is 374 g/mol. The highest BCUT2D eigenvalue weighted by Crippen LogP contribution is 2.26. The quantitative estimate of drug-likeness (QED) is 0.860. The zero-order valence-corrected chi connectivity index (χ0v) is 15.6. The Bertz CT molecular complexity index is 802. The Morgan fingerprint density at radius 3 is 3.00 bits per heavy atom. The molecule has 1 saturated heterocycles. The molecule has 26 heavy (non-hydrogen) atoms. The summed E-state index contributed by atoms with van der Waals surface area (Å²) < 4.78 is 10.7. The number of methoxy groups -OCH3 is 1. The normalized spacial score (nSPS) is 16.4. The Kier molecular flexibility index (Phi) is 5.03. The van der Waals surface area contributed by atoms with Crippen LogP contribution in [0.25, 0.3) is 0 Å². The van der Waals surface area contributed by atoms with Crippen LogP contribution in [-0.2, 0) is 24.1 Å². The lowest BCUT2D eigenvalue weighted by atomic mass is 10.1. The number of carbonyl (C=O) groups is 1. The van der Waals surface area contributed by atoms with Gasteiger partial charge in [-0.15, -0.1) is 11.3 Å². The minimum Gasteiger partial charge on any atom is -0.480 e. The third-order valence-electron chi connectivity index (χ3n) is 4.71. The van der Waals surface area contributed by atoms with Crippen molar-refractivity contribution >= 4 is 22.4 Å². The van der Waals surface area contributed by atoms with Gasteiger partial charge in [-0.05, 0) is 30.9 Å². The Morgan fingerprint density at radius 2 is 2.19 bits per heavy atom. The number of nitrogens with zero attached hydrogens (tertiary/aromatic N) is 3. The van der Waals surface area contributed by atoms with E-state index in [1.807, 2.05) is 11.4 Å². The van der Waals surface area contributed by atoms with E-state index in [-0.39, 0.29) is 5.91 Å². The van der Waals surface area contributed by atoms with E-state index in [0.29, 0.717) is 18.0 Å². The molecule has 8 heteroatoms. The standard InChI is InChI=1S/C18H22N4O3S/c1-24-17-14(9-12-3-2-4-15(12)21-17)16(23)19-10-13-11-26-18(20-13)22-5-7-25-8-6-22/h9,11H,2-8,10H2,1H3,(H,19,23). The first-order valence-electron chi connectivity index (χ1n) is 8.86. The van der Waals surface area contributed by atoms with Crippen LogP contribution in [-0.4, -0.2) is 49.3 Å². The van der Waals surface area contributed by atoms with Gasteiger partial charge in [0.15, 0.2) is 5.13 Å². The number of morpholine rings is 1. The molecule has 7 nitrogen and oxygen atoms in total. The molecule has 1 N–H and O–H groups in total. The number of ether oxygens (including phenoxy) is 2. The van der Waals surface area contributed by atoms with Gasteiger partial charge in [0.1, 0.15) is 5.56 Å². The molecule has 1 aliphatic heterocycles. The third kappa shape index (κ3) is 3.52. The van der Waals surface area contributed by atoms with Crippen molar-refractivity contribution in [3.63, 3.8) is 0 Å². The number of pyridine rings is 1. The molecule has 0 bridgehead atoms. The van der Waals surface area contributed by atoms with Crippen molar-refractivity contribution in [2.45, 2.75) is 25.8 Å². The van der Waals surface area contributed by atoms with Crippen molar-refractivity contribution in [2.75, 3.05) is 38.3 Å². The van der Waals surface area contributed by atoms with Crippen molar-refractivity contribution in [1.29, 1.82) is 0 Å². The molecule has 1 fully saturated rings. The molecule has 138 valence electrons. The molecule has 0 radical (unpaired) electrons. The molecular weight excluding hydrogens is 352 g/mol. The van der Waals surface area contributed by atoms with E-state index in [1.54, 1.807) is 18.4 Å². The molecule has 1 aliphatic carbocycles. The largest absolute Gasteiger partial charge is 0.480 e. The molecule has 1 amide bonds. The number of hydrogen-bond donors (Lipinski definition) is 1. The van der Waals surface area contributed by atoms with Gasteiger partial charge in [-0.3, -0.25) is 4.79 Å². The van der Waals surface area contributed by atoms with Gasteiger partial charge in [-0.2, -0.15) is 0 Å². The second-order valence-electron chi connectivity index (χ2n) is 6.41. The summed E-state index contributed by atoms with van der Waals surface area (Å²) in [7, 11) is 1.55. The van der Waals surface area contributed by atoms with Crippen LogP contribution < -0.4 is 15.0 Å². The Hall–Kier alpha value is -2.19. The van der Waals surface area contributed by atoms with E-state index in [2.05, 4.69) is 20.2 Å². The fourth-order valence-electron chi connectivity index (χ4n) is 3.31. The predicted octanol–water partition coefficient (Wildman–Crippen LogP) is 1.80. The summed E-state index contributed by atoms with van der Waals surface area (Å²) >= 11 is 1.60. The van der Waals surface area contributed by atoms with Crippen LogP contribution in [0.1, 0.15) is 33.7 Å². The molecule has 2 aliphatic rings. The van der Waals surface area contributed by atoms with Crippen LogP contribution in [0.2, 0.25) is 0 Å². The van der Waals surface area contributed by atoms with Gasteiger partial charge in [0, 0.05) is 24.2 Å². The van der Waals surface area contributed by atoms with Crippen LogP contribution in [0.3, 0.4) is 0 Å². The predicted molar refractivity (Wildman–Crippen MR) is 99.1 cm³/mol. The third-order valence-corrected chi connectivity index (χ3v) is 5.66. The fourth-order valence-corrected chi connectivity index (χ4v) is 4.19. The average molecular weight is 374 g/mol. The second kappa shape index (κ2) is 7.59. The molecule has 4 rings (SSSR count). The van der Waals surface area contributed by atoms with Gasteiger partial charge >= 0.3 is 0 Å². The van der Waals surface area contributed by atoms with E-state index in [0.717, 1.165) is 67.6 Å². The first-order valence-corrected chi connectivity index (χ1v) is 9.74. The van der Waals surface area contributed by atoms with Crippen LogP contribution in [0.5, 0.6) is 5.88 Å². The highest BCUT2D eigenvalue weighted by atomic mass is 32.1. The van der Waals surface area contributed by atoms with Gasteiger partial charge in [0.05, 0.1) is 32.6 Å². The van der Waals surface area contributed by atoms with Crippen molar-refractivity contribution in [2.24, 2.45) is 0 Å². The zero-order valence-electron chi connectivity index (χ0n) is 14.8. The summed E-state index contributed by atoms with van der Waals surface area (Å²) in [6, 6.07) is 1.92. The van der Waals surface area contributed by atoms with Gasteiger partial charge in [0.25, 0.3) is 5.91 Å². The Balaban J connectivity index is 1.42. The number of nitrogens with one attached hydrogen (secondary N) is 1. The van der Waals surface area contributed by atoms with E-state index in [1.165, 1.54) is 0 Å². The average Bonchev–Trinajstić information content (AvgIpc) is 3.34. The van der Waals surface area contributed by atoms with Gasteiger partial charge in [-0.1, -0.05) is 0 Å². The maximum Gasteiger partial charge on any atom is 0.257 e. The van der Waals surface area contributed by atoms with Crippen LogP contribution in [0.15, 0.2) is 11.4 Å². The van der Waals surface area contributed by atoms with Crippen molar-refractivity contribution < 1.29 is 14.3 Å². The highest BCUT2D eigenvalue weighted by molar-refractivity contribution is 7.13. The van der Waals surface area contributed by atoms with Gasteiger partial charge < -0.3 is 19.7 Å². The summed E-state index contributed by atoms with van der Waals surface area (Å²) in [5.41, 5.74) is 3.56. The first kappa shape index (κ1) is 17.2. The summed E-state index contributed by atoms with van der Waals surface area (Å²) in [5, 5.41) is 5.91. The molecule has 2 aromatic rings. The number of carbonyl (C=O) groups excluding carboxylic acids is 1. The molecule has 0 saturated carbocycles. The minimum atomic E-state index is -0.176. The Morgan fingerprint density at radius 1 is 1.35 bits per heavy atom. The second-order valence-corrected chi connectivity index (χ2v) is 7.24. The SMILES string of the molecule is COc1nc2c(cc1C(=O)NCc1csc(N3CCOCC3)n1)CCC2. The van der Waals surface area contributed by atoms with Gasteiger partial charge in [-0.25, -0.2) is 9.97 Å². The smallest absolute Gasteiger partial charge is 0.257 e. The maximum atomic E-state index is 12.6. The summed E-state index contributed by atoms with van der Waals surface area (Å²) in [5.74, 6) is 0.223. The molecule has 3 heterocycles. The van der Waals surface area contributed by atoms with Crippen LogP contribution in [0, 0.1) is 0 Å². The van der Waals surface area contributed by atoms with Crippen molar-refractivity contribution in [3.8, 4) is 5.88 Å². The van der Waals surface area contributed by atoms with E-state index in [4.69, 9.17) is 9.47 Å². The maximum absolute atomic E-state index is 12.6. The molecule has 0 unspecified atom stereocenters. The number of fused-ring (bicyclic) bond motifs is 1. The van der Waals surface area contributed by atoms with Crippen molar-refractivity contribution in [1.82, 2.24) is 15.3 Å². The number of aromatic nitrogens is 2. The Labute approximate surface area is 156 Å². The number of anilines is 1. The van der Waals surface area contributed by atoms with E-state index in [9.17, 15) is 4.79 Å². The molecule has 0 atom stereocenters. The minimum absolute atomic E-state index is 0.176. The molecule has 2 aromatic heterocycles. The number of hydrogen-bond acceptors (Lipinski definition) is 7. The lowest BCUT2D eigenvalue weighted by Gasteiger charge is -2.26. The lowest BCUT2D eigenvalue weighted by Crippen LogP contribution is -2.36. The fraction of sp³-hybridized carbons (Fsp3) is 0.500. The van der Waals surface area contributed by atoms with Crippen LogP contribution in [0.4, 0.5) is 5.13 Å². The summed E-state index contributed by atoms with van der Waals surface area (Å²) in [6.45, 7) is 3.57. The number of rotatable bonds is 5. The number of aryl methyl sites for hydroxylation is 2. The number of amides is 1. The number of thiazole rings is 1. The lowest BCUT2D eigenvalue weighted by molar-refractivity contribution is 0.0946. The van der Waals surface area contributed by atoms with E-state index < -0.39 is 0 Å². The topological polar surface area (TPSA) is 76.6 Å².